The Balaban J connectivity index is 1.45. The first-order valence-electron chi connectivity index (χ1n) is 9.42. The summed E-state index contributed by atoms with van der Waals surface area (Å²) in [5.41, 5.74) is -0.999. The van der Waals surface area contributed by atoms with Crippen LogP contribution in [0.5, 0.6) is 17.2 Å². The Bertz CT molecular complexity index is 851. The van der Waals surface area contributed by atoms with E-state index in [-0.39, 0.29) is 23.9 Å². The molecular weight excluding hydrogens is 364 g/mol. The van der Waals surface area contributed by atoms with E-state index in [1.807, 2.05) is 0 Å². The first kappa shape index (κ1) is 18.6. The summed E-state index contributed by atoms with van der Waals surface area (Å²) in [6.45, 7) is 5.96. The molecule has 1 N–H and O–H groups in total. The average Bonchev–Trinajstić information content (AvgIpc) is 3.11. The maximum Gasteiger partial charge on any atom is 0.331 e. The van der Waals surface area contributed by atoms with Crippen molar-refractivity contribution in [2.45, 2.75) is 45.6 Å². The van der Waals surface area contributed by atoms with Crippen LogP contribution in [0.2, 0.25) is 0 Å². The zero-order valence-corrected chi connectivity index (χ0v) is 16.2. The van der Waals surface area contributed by atoms with Crippen molar-refractivity contribution in [2.24, 2.45) is 11.3 Å². The molecule has 2 fully saturated rings. The van der Waals surface area contributed by atoms with Crippen LogP contribution in [0.4, 0.5) is 4.79 Å². The highest BCUT2D eigenvalue weighted by atomic mass is 16.7. The lowest BCUT2D eigenvalue weighted by Gasteiger charge is -2.43. The molecule has 2 atom stereocenters. The molecule has 0 bridgehead atoms. The molecule has 150 valence electrons. The molecule has 0 radical (unpaired) electrons. The third-order valence-corrected chi connectivity index (χ3v) is 5.49. The number of imide groups is 1. The third kappa shape index (κ3) is 3.27. The van der Waals surface area contributed by atoms with Crippen LogP contribution in [0.15, 0.2) is 18.2 Å². The Morgan fingerprint density at radius 1 is 1.25 bits per heavy atom. The molecule has 1 aliphatic carbocycles. The molecule has 8 heteroatoms. The summed E-state index contributed by atoms with van der Waals surface area (Å²) in [6.07, 6.45) is 2.13. The fraction of sp³-hybridized carbons (Fsp3) is 0.550. The Hall–Kier alpha value is -2.77. The lowest BCUT2D eigenvalue weighted by Crippen LogP contribution is -2.54. The van der Waals surface area contributed by atoms with E-state index in [0.717, 1.165) is 11.3 Å². The molecule has 4 rings (SSSR count). The second-order valence-corrected chi connectivity index (χ2v) is 8.75. The van der Waals surface area contributed by atoms with Gasteiger partial charge in [-0.1, -0.05) is 20.8 Å². The Morgan fingerprint density at radius 2 is 2.00 bits per heavy atom. The van der Waals surface area contributed by atoms with Crippen LogP contribution in [0.3, 0.4) is 0 Å². The molecule has 3 aliphatic rings. The highest BCUT2D eigenvalue weighted by Gasteiger charge is 2.56. The number of nitrogens with one attached hydrogen (secondary N) is 1. The number of amides is 3. The van der Waals surface area contributed by atoms with E-state index in [1.54, 1.807) is 18.2 Å². The van der Waals surface area contributed by atoms with Gasteiger partial charge in [0.1, 0.15) is 17.8 Å². The first-order valence-corrected chi connectivity index (χ1v) is 9.42. The zero-order valence-electron chi connectivity index (χ0n) is 16.2. The standard InChI is InChI=1S/C20H24N2O6/c1-12-7-19(2,3)10-20(8-12)17(24)22(18(25)21-20)9-16(23)28-13-4-5-14-15(6-13)27-11-26-14/h4-6,12H,7-11H2,1-3H3,(H,21,25). The monoisotopic (exact) mass is 388 g/mol. The zero-order chi connectivity index (χ0) is 20.1. The van der Waals surface area contributed by atoms with E-state index >= 15 is 0 Å². The summed E-state index contributed by atoms with van der Waals surface area (Å²) in [6, 6.07) is 4.21. The summed E-state index contributed by atoms with van der Waals surface area (Å²) in [7, 11) is 0. The molecule has 1 spiro atoms. The van der Waals surface area contributed by atoms with Crippen LogP contribution in [-0.2, 0) is 9.59 Å². The normalized spacial score (nSPS) is 27.8. The smallest absolute Gasteiger partial charge is 0.331 e. The van der Waals surface area contributed by atoms with Gasteiger partial charge < -0.3 is 19.5 Å². The van der Waals surface area contributed by atoms with Gasteiger partial charge in [-0.15, -0.1) is 0 Å². The van der Waals surface area contributed by atoms with E-state index in [4.69, 9.17) is 14.2 Å². The van der Waals surface area contributed by atoms with Gasteiger partial charge in [-0.25, -0.2) is 9.59 Å². The number of esters is 1. The van der Waals surface area contributed by atoms with Gasteiger partial charge in [0.25, 0.3) is 5.91 Å². The molecule has 2 unspecified atom stereocenters. The second kappa shape index (κ2) is 6.39. The van der Waals surface area contributed by atoms with E-state index in [0.29, 0.717) is 30.3 Å². The molecule has 1 aromatic carbocycles. The van der Waals surface area contributed by atoms with E-state index in [2.05, 4.69) is 26.1 Å². The number of urea groups is 1. The van der Waals surface area contributed by atoms with Gasteiger partial charge in [0.15, 0.2) is 11.5 Å². The topological polar surface area (TPSA) is 94.2 Å². The summed E-state index contributed by atoms with van der Waals surface area (Å²) in [4.78, 5) is 38.8. The van der Waals surface area contributed by atoms with Gasteiger partial charge in [-0.3, -0.25) is 9.69 Å². The summed E-state index contributed by atoms with van der Waals surface area (Å²) < 4.78 is 15.8. The average molecular weight is 388 g/mol. The second-order valence-electron chi connectivity index (χ2n) is 8.75. The minimum Gasteiger partial charge on any atom is -0.454 e. The van der Waals surface area contributed by atoms with Gasteiger partial charge in [0.2, 0.25) is 6.79 Å². The molecule has 3 amide bonds. The maximum atomic E-state index is 13.1. The summed E-state index contributed by atoms with van der Waals surface area (Å²) in [5.74, 6) is 0.585. The number of rotatable bonds is 3. The fourth-order valence-electron chi connectivity index (χ4n) is 4.88. The highest BCUT2D eigenvalue weighted by molar-refractivity contribution is 6.08. The quantitative estimate of drug-likeness (QED) is 0.486. The number of carbonyl (C=O) groups excluding carboxylic acids is 3. The molecule has 2 aliphatic heterocycles. The predicted molar refractivity (Wildman–Crippen MR) is 98.0 cm³/mol. The van der Waals surface area contributed by atoms with Crippen molar-refractivity contribution in [1.82, 2.24) is 10.2 Å². The van der Waals surface area contributed by atoms with Crippen LogP contribution < -0.4 is 19.5 Å². The SMILES string of the molecule is CC1CC(C)(C)CC2(C1)NC(=O)N(CC(=O)Oc1ccc3c(c1)OCO3)C2=O. The highest BCUT2D eigenvalue weighted by Crippen LogP contribution is 2.46. The number of ether oxygens (including phenoxy) is 3. The van der Waals surface area contributed by atoms with Gasteiger partial charge in [-0.05, 0) is 42.7 Å². The molecular formula is C20H24N2O6. The van der Waals surface area contributed by atoms with Crippen molar-refractivity contribution in [1.29, 1.82) is 0 Å². The van der Waals surface area contributed by atoms with Crippen LogP contribution in [0, 0.1) is 11.3 Å². The largest absolute Gasteiger partial charge is 0.454 e. The molecule has 28 heavy (non-hydrogen) atoms. The molecule has 2 heterocycles. The van der Waals surface area contributed by atoms with Crippen LogP contribution in [0.1, 0.15) is 40.0 Å². The lowest BCUT2D eigenvalue weighted by atomic mass is 9.64. The first-order chi connectivity index (χ1) is 13.2. The number of carbonyl (C=O) groups is 3. The van der Waals surface area contributed by atoms with Crippen molar-refractivity contribution in [3.05, 3.63) is 18.2 Å². The fourth-order valence-corrected chi connectivity index (χ4v) is 4.88. The summed E-state index contributed by atoms with van der Waals surface area (Å²) >= 11 is 0. The minimum atomic E-state index is -0.933. The lowest BCUT2D eigenvalue weighted by molar-refractivity contribution is -0.142. The maximum absolute atomic E-state index is 13.1. The number of nitrogens with zero attached hydrogens (tertiary/aromatic N) is 1. The number of fused-ring (bicyclic) bond motifs is 1. The van der Waals surface area contributed by atoms with Crippen molar-refractivity contribution >= 4 is 17.9 Å². The van der Waals surface area contributed by atoms with Gasteiger partial charge in [-0.2, -0.15) is 0 Å². The number of benzene rings is 1. The Morgan fingerprint density at radius 3 is 2.75 bits per heavy atom. The van der Waals surface area contributed by atoms with Gasteiger partial charge in [0.05, 0.1) is 0 Å². The molecule has 1 aromatic rings. The van der Waals surface area contributed by atoms with E-state index in [9.17, 15) is 14.4 Å². The van der Waals surface area contributed by atoms with Gasteiger partial charge in [0, 0.05) is 6.07 Å². The molecule has 1 saturated carbocycles. The molecule has 0 aromatic heterocycles. The minimum absolute atomic E-state index is 0.0659. The van der Waals surface area contributed by atoms with Crippen LogP contribution in [0.25, 0.3) is 0 Å². The van der Waals surface area contributed by atoms with Crippen LogP contribution in [-0.4, -0.2) is 41.7 Å². The van der Waals surface area contributed by atoms with Crippen molar-refractivity contribution < 1.29 is 28.6 Å². The van der Waals surface area contributed by atoms with Gasteiger partial charge >= 0.3 is 12.0 Å². The van der Waals surface area contributed by atoms with E-state index in [1.165, 1.54) is 0 Å². The van der Waals surface area contributed by atoms with E-state index < -0.39 is 24.1 Å². The van der Waals surface area contributed by atoms with Crippen molar-refractivity contribution in [3.8, 4) is 17.2 Å². The Kier molecular flexibility index (Phi) is 4.24. The summed E-state index contributed by atoms with van der Waals surface area (Å²) in [5, 5.41) is 2.85. The number of hydrogen-bond donors (Lipinski definition) is 1. The van der Waals surface area contributed by atoms with Crippen LogP contribution >= 0.6 is 0 Å². The molecule has 1 saturated heterocycles. The number of hydrogen-bond acceptors (Lipinski definition) is 6. The Labute approximate surface area is 163 Å². The predicted octanol–water partition coefficient (Wildman–Crippen LogP) is 2.46. The van der Waals surface area contributed by atoms with Crippen molar-refractivity contribution in [3.63, 3.8) is 0 Å². The third-order valence-electron chi connectivity index (χ3n) is 5.49. The molecule has 8 nitrogen and oxygen atoms in total. The van der Waals surface area contributed by atoms with Crippen molar-refractivity contribution in [2.75, 3.05) is 13.3 Å².